The number of ether oxygens (including phenoxy) is 1. The van der Waals surface area contributed by atoms with Gasteiger partial charge in [0.25, 0.3) is 0 Å². The Bertz CT molecular complexity index is 777. The summed E-state index contributed by atoms with van der Waals surface area (Å²) in [7, 11) is 0. The van der Waals surface area contributed by atoms with Gasteiger partial charge in [-0.15, -0.1) is 22.7 Å². The molecular weight excluding hydrogens is 364 g/mol. The Morgan fingerprint density at radius 1 is 1.19 bits per heavy atom. The zero-order valence-corrected chi connectivity index (χ0v) is 16.3. The highest BCUT2D eigenvalue weighted by atomic mass is 32.1. The topological polar surface area (TPSA) is 45.6 Å². The standard InChI is InChI=1S/C20H24N2O2S2/c23-16(13-24-14-17-4-3-11-25-17)12-22-9-7-15(8-10-22)20-21-18-5-1-2-6-19(18)26-20/h1-6,11,15-16,23H,7-10,12-14H2. The van der Waals surface area contributed by atoms with Crippen LogP contribution in [0.5, 0.6) is 0 Å². The van der Waals surface area contributed by atoms with Crippen LogP contribution in [-0.4, -0.2) is 47.3 Å². The van der Waals surface area contributed by atoms with Crippen LogP contribution in [0.4, 0.5) is 0 Å². The molecule has 0 spiro atoms. The molecule has 1 N–H and O–H groups in total. The summed E-state index contributed by atoms with van der Waals surface area (Å²) in [4.78, 5) is 8.37. The van der Waals surface area contributed by atoms with Crippen LogP contribution in [0.15, 0.2) is 41.8 Å². The average Bonchev–Trinajstić information content (AvgIpc) is 3.31. The summed E-state index contributed by atoms with van der Waals surface area (Å²) in [6, 6.07) is 12.5. The highest BCUT2D eigenvalue weighted by Crippen LogP contribution is 2.33. The number of thiophene rings is 1. The summed E-state index contributed by atoms with van der Waals surface area (Å²) in [5.41, 5.74) is 1.12. The van der Waals surface area contributed by atoms with Gasteiger partial charge >= 0.3 is 0 Å². The normalized spacial score (nSPS) is 17.7. The molecule has 4 rings (SSSR count). The Labute approximate surface area is 162 Å². The Kier molecular flexibility index (Phi) is 5.97. The Morgan fingerprint density at radius 3 is 2.81 bits per heavy atom. The predicted molar refractivity (Wildman–Crippen MR) is 108 cm³/mol. The van der Waals surface area contributed by atoms with Crippen LogP contribution >= 0.6 is 22.7 Å². The van der Waals surface area contributed by atoms with Crippen molar-refractivity contribution in [2.75, 3.05) is 26.2 Å². The predicted octanol–water partition coefficient (Wildman–Crippen LogP) is 4.11. The summed E-state index contributed by atoms with van der Waals surface area (Å²) in [6.45, 7) is 3.71. The minimum atomic E-state index is -0.422. The third-order valence-corrected chi connectivity index (χ3v) is 6.90. The van der Waals surface area contributed by atoms with Crippen molar-refractivity contribution in [3.05, 3.63) is 51.7 Å². The molecule has 0 amide bonds. The first-order valence-corrected chi connectivity index (χ1v) is 10.8. The van der Waals surface area contributed by atoms with E-state index in [0.29, 0.717) is 25.7 Å². The highest BCUT2D eigenvalue weighted by molar-refractivity contribution is 7.18. The zero-order valence-electron chi connectivity index (χ0n) is 14.7. The molecule has 6 heteroatoms. The summed E-state index contributed by atoms with van der Waals surface area (Å²) in [6.07, 6.45) is 1.81. The number of piperidine rings is 1. The maximum Gasteiger partial charge on any atom is 0.0970 e. The minimum absolute atomic E-state index is 0.399. The number of aromatic nitrogens is 1. The Morgan fingerprint density at radius 2 is 2.04 bits per heavy atom. The van der Waals surface area contributed by atoms with Gasteiger partial charge in [-0.3, -0.25) is 0 Å². The van der Waals surface area contributed by atoms with E-state index in [1.54, 1.807) is 11.3 Å². The monoisotopic (exact) mass is 388 g/mol. The van der Waals surface area contributed by atoms with Gasteiger partial charge in [0.15, 0.2) is 0 Å². The molecule has 1 aliphatic heterocycles. The number of β-amino-alcohol motifs (C(OH)–C–C–N with tert-alkyl or cyclic N) is 1. The smallest absolute Gasteiger partial charge is 0.0970 e. The molecule has 1 aromatic carbocycles. The van der Waals surface area contributed by atoms with E-state index in [1.807, 2.05) is 22.8 Å². The lowest BCUT2D eigenvalue weighted by atomic mass is 9.97. The molecule has 0 saturated carbocycles. The quantitative estimate of drug-likeness (QED) is 0.661. The van der Waals surface area contributed by atoms with Crippen molar-refractivity contribution in [2.24, 2.45) is 0 Å². The Hall–Kier alpha value is -1.31. The van der Waals surface area contributed by atoms with Crippen LogP contribution in [0, 0.1) is 0 Å². The molecule has 3 heterocycles. The first-order valence-electron chi connectivity index (χ1n) is 9.14. The lowest BCUT2D eigenvalue weighted by Gasteiger charge is -2.32. The van der Waals surface area contributed by atoms with Gasteiger partial charge in [-0.25, -0.2) is 4.98 Å². The fraction of sp³-hybridized carbons (Fsp3) is 0.450. The molecule has 1 unspecified atom stereocenters. The van der Waals surface area contributed by atoms with E-state index in [9.17, 15) is 5.11 Å². The molecule has 1 saturated heterocycles. The van der Waals surface area contributed by atoms with Crippen molar-refractivity contribution in [1.82, 2.24) is 9.88 Å². The van der Waals surface area contributed by atoms with Crippen molar-refractivity contribution in [2.45, 2.75) is 31.5 Å². The summed E-state index contributed by atoms with van der Waals surface area (Å²) < 4.78 is 6.91. The third-order valence-electron chi connectivity index (χ3n) is 4.85. The molecular formula is C20H24N2O2S2. The molecule has 4 nitrogen and oxygen atoms in total. The summed E-state index contributed by atoms with van der Waals surface area (Å²) in [5, 5.41) is 13.6. The van der Waals surface area contributed by atoms with Crippen LogP contribution in [0.25, 0.3) is 10.2 Å². The van der Waals surface area contributed by atoms with Gasteiger partial charge in [0.05, 0.1) is 34.5 Å². The number of para-hydroxylation sites is 1. The van der Waals surface area contributed by atoms with E-state index < -0.39 is 6.10 Å². The van der Waals surface area contributed by atoms with Gasteiger partial charge in [-0.2, -0.15) is 0 Å². The number of thiazole rings is 1. The molecule has 1 aliphatic rings. The second-order valence-electron chi connectivity index (χ2n) is 6.84. The first-order chi connectivity index (χ1) is 12.8. The number of aliphatic hydroxyl groups is 1. The molecule has 0 bridgehead atoms. The van der Waals surface area contributed by atoms with E-state index in [0.717, 1.165) is 31.4 Å². The number of aliphatic hydroxyl groups excluding tert-OH is 1. The molecule has 3 aromatic rings. The van der Waals surface area contributed by atoms with E-state index in [-0.39, 0.29) is 0 Å². The number of hydrogen-bond acceptors (Lipinski definition) is 6. The van der Waals surface area contributed by atoms with Gasteiger partial charge in [-0.1, -0.05) is 18.2 Å². The summed E-state index contributed by atoms with van der Waals surface area (Å²) >= 11 is 3.52. The average molecular weight is 389 g/mol. The van der Waals surface area contributed by atoms with Gasteiger partial charge in [0.1, 0.15) is 0 Å². The maximum absolute atomic E-state index is 10.2. The number of rotatable bonds is 7. The number of likely N-dealkylation sites (tertiary alicyclic amines) is 1. The largest absolute Gasteiger partial charge is 0.389 e. The molecule has 138 valence electrons. The second-order valence-corrected chi connectivity index (χ2v) is 8.94. The molecule has 26 heavy (non-hydrogen) atoms. The molecule has 1 atom stereocenters. The number of benzene rings is 1. The number of nitrogens with zero attached hydrogens (tertiary/aromatic N) is 2. The van der Waals surface area contributed by atoms with Crippen molar-refractivity contribution in [3.63, 3.8) is 0 Å². The van der Waals surface area contributed by atoms with Gasteiger partial charge in [-0.05, 0) is 49.5 Å². The number of fused-ring (bicyclic) bond motifs is 1. The lowest BCUT2D eigenvalue weighted by molar-refractivity contribution is 0.00695. The van der Waals surface area contributed by atoms with Crippen molar-refractivity contribution in [3.8, 4) is 0 Å². The van der Waals surface area contributed by atoms with Gasteiger partial charge < -0.3 is 14.7 Å². The first kappa shape index (κ1) is 18.1. The van der Waals surface area contributed by atoms with E-state index >= 15 is 0 Å². The summed E-state index contributed by atoms with van der Waals surface area (Å²) in [5.74, 6) is 0.552. The Balaban J connectivity index is 1.21. The van der Waals surface area contributed by atoms with E-state index in [2.05, 4.69) is 35.2 Å². The van der Waals surface area contributed by atoms with E-state index in [4.69, 9.17) is 9.72 Å². The minimum Gasteiger partial charge on any atom is -0.389 e. The van der Waals surface area contributed by atoms with Gasteiger partial charge in [0, 0.05) is 17.3 Å². The van der Waals surface area contributed by atoms with Crippen LogP contribution in [0.1, 0.15) is 28.6 Å². The van der Waals surface area contributed by atoms with Crippen molar-refractivity contribution < 1.29 is 9.84 Å². The third kappa shape index (κ3) is 4.50. The molecule has 0 aliphatic carbocycles. The fourth-order valence-corrected chi connectivity index (χ4v) is 5.25. The highest BCUT2D eigenvalue weighted by Gasteiger charge is 2.24. The SMILES string of the molecule is OC(COCc1cccs1)CN1CCC(c2nc3ccccc3s2)CC1. The van der Waals surface area contributed by atoms with Crippen LogP contribution in [0.3, 0.4) is 0 Å². The molecule has 1 fully saturated rings. The molecule has 2 aromatic heterocycles. The van der Waals surface area contributed by atoms with Crippen molar-refractivity contribution in [1.29, 1.82) is 0 Å². The zero-order chi connectivity index (χ0) is 17.8. The number of hydrogen-bond donors (Lipinski definition) is 1. The molecule has 0 radical (unpaired) electrons. The van der Waals surface area contributed by atoms with Crippen LogP contribution in [-0.2, 0) is 11.3 Å². The lowest BCUT2D eigenvalue weighted by Crippen LogP contribution is -2.39. The van der Waals surface area contributed by atoms with Gasteiger partial charge in [0.2, 0.25) is 0 Å². The van der Waals surface area contributed by atoms with Crippen LogP contribution in [0.2, 0.25) is 0 Å². The fourth-order valence-electron chi connectivity index (χ4n) is 3.47. The van der Waals surface area contributed by atoms with Crippen molar-refractivity contribution >= 4 is 32.9 Å². The maximum atomic E-state index is 10.2. The second kappa shape index (κ2) is 8.59. The van der Waals surface area contributed by atoms with Crippen LogP contribution < -0.4 is 0 Å². The van der Waals surface area contributed by atoms with E-state index in [1.165, 1.54) is 14.6 Å².